The Bertz CT molecular complexity index is 416. The van der Waals surface area contributed by atoms with Gasteiger partial charge in [0.2, 0.25) is 0 Å². The van der Waals surface area contributed by atoms with Gasteiger partial charge in [0.15, 0.2) is 11.6 Å². The zero-order valence-electron chi connectivity index (χ0n) is 11.3. The lowest BCUT2D eigenvalue weighted by Crippen LogP contribution is -2.48. The molecule has 2 N–H and O–H groups in total. The fourth-order valence-electron chi connectivity index (χ4n) is 1.54. The zero-order valence-corrected chi connectivity index (χ0v) is 11.3. The molecule has 18 heavy (non-hydrogen) atoms. The standard InChI is InChI=1S/C14H21F2NO/c1-13(2,8-17-14(3,4)9-18)10-5-6-11(15)12(16)7-10/h5-7,17-18H,8-9H2,1-4H3. The molecule has 1 aromatic carbocycles. The first-order chi connectivity index (χ1) is 8.18. The van der Waals surface area contributed by atoms with Crippen molar-refractivity contribution in [2.45, 2.75) is 38.6 Å². The Morgan fingerprint density at radius 3 is 2.22 bits per heavy atom. The Morgan fingerprint density at radius 2 is 1.72 bits per heavy atom. The first-order valence-electron chi connectivity index (χ1n) is 5.99. The van der Waals surface area contributed by atoms with Gasteiger partial charge in [-0.05, 0) is 31.5 Å². The van der Waals surface area contributed by atoms with Crippen LogP contribution in [0.3, 0.4) is 0 Å². The molecule has 0 aromatic heterocycles. The zero-order chi connectivity index (χ0) is 14.0. The monoisotopic (exact) mass is 257 g/mol. The van der Waals surface area contributed by atoms with Gasteiger partial charge >= 0.3 is 0 Å². The van der Waals surface area contributed by atoms with Gasteiger partial charge in [-0.3, -0.25) is 0 Å². The van der Waals surface area contributed by atoms with Gasteiger partial charge in [0.25, 0.3) is 0 Å². The van der Waals surface area contributed by atoms with Crippen molar-refractivity contribution in [3.63, 3.8) is 0 Å². The van der Waals surface area contributed by atoms with Crippen LogP contribution in [0.25, 0.3) is 0 Å². The fourth-order valence-corrected chi connectivity index (χ4v) is 1.54. The topological polar surface area (TPSA) is 32.3 Å². The number of hydrogen-bond donors (Lipinski definition) is 2. The maximum Gasteiger partial charge on any atom is 0.159 e. The van der Waals surface area contributed by atoms with E-state index in [4.69, 9.17) is 5.11 Å². The van der Waals surface area contributed by atoms with Crippen molar-refractivity contribution in [1.29, 1.82) is 0 Å². The van der Waals surface area contributed by atoms with Crippen LogP contribution in [0, 0.1) is 11.6 Å². The smallest absolute Gasteiger partial charge is 0.159 e. The second kappa shape index (κ2) is 5.33. The molecule has 0 aliphatic rings. The molecule has 2 nitrogen and oxygen atoms in total. The Morgan fingerprint density at radius 1 is 1.11 bits per heavy atom. The van der Waals surface area contributed by atoms with E-state index >= 15 is 0 Å². The van der Waals surface area contributed by atoms with Crippen LogP contribution < -0.4 is 5.32 Å². The third-order valence-corrected chi connectivity index (χ3v) is 3.11. The van der Waals surface area contributed by atoms with Gasteiger partial charge in [0.05, 0.1) is 6.61 Å². The van der Waals surface area contributed by atoms with Gasteiger partial charge in [-0.25, -0.2) is 8.78 Å². The van der Waals surface area contributed by atoms with Crippen LogP contribution >= 0.6 is 0 Å². The molecule has 4 heteroatoms. The lowest BCUT2D eigenvalue weighted by atomic mass is 9.83. The molecule has 0 amide bonds. The molecule has 0 unspecified atom stereocenters. The van der Waals surface area contributed by atoms with Gasteiger partial charge < -0.3 is 10.4 Å². The summed E-state index contributed by atoms with van der Waals surface area (Å²) in [6.07, 6.45) is 0. The van der Waals surface area contributed by atoms with Gasteiger partial charge in [-0.1, -0.05) is 19.9 Å². The quantitative estimate of drug-likeness (QED) is 0.850. The van der Waals surface area contributed by atoms with Crippen molar-refractivity contribution in [3.8, 4) is 0 Å². The third-order valence-electron chi connectivity index (χ3n) is 3.11. The van der Waals surface area contributed by atoms with E-state index in [1.54, 1.807) is 6.07 Å². The van der Waals surface area contributed by atoms with Crippen LogP contribution in [-0.4, -0.2) is 23.8 Å². The minimum Gasteiger partial charge on any atom is -0.394 e. The molecule has 0 aliphatic heterocycles. The van der Waals surface area contributed by atoms with Gasteiger partial charge in [-0.2, -0.15) is 0 Å². The SMILES string of the molecule is CC(C)(CO)NCC(C)(C)c1ccc(F)c(F)c1. The van der Waals surface area contributed by atoms with E-state index in [9.17, 15) is 8.78 Å². The predicted molar refractivity (Wildman–Crippen MR) is 68.6 cm³/mol. The van der Waals surface area contributed by atoms with Crippen molar-refractivity contribution < 1.29 is 13.9 Å². The molecule has 102 valence electrons. The van der Waals surface area contributed by atoms with Crippen LogP contribution in [0.5, 0.6) is 0 Å². The number of halogens is 2. The second-order valence-electron chi connectivity index (χ2n) is 5.91. The minimum absolute atomic E-state index is 0.0147. The van der Waals surface area contributed by atoms with Crippen LogP contribution in [0.4, 0.5) is 8.78 Å². The largest absolute Gasteiger partial charge is 0.394 e. The summed E-state index contributed by atoms with van der Waals surface area (Å²) in [5, 5.41) is 12.4. The van der Waals surface area contributed by atoms with E-state index in [1.165, 1.54) is 6.07 Å². The Labute approximate surface area is 107 Å². The summed E-state index contributed by atoms with van der Waals surface area (Å²) in [7, 11) is 0. The number of rotatable bonds is 5. The predicted octanol–water partition coefficient (Wildman–Crippen LogP) is 2.60. The van der Waals surface area contributed by atoms with Crippen LogP contribution in [0.2, 0.25) is 0 Å². The first kappa shape index (κ1) is 15.1. The summed E-state index contributed by atoms with van der Waals surface area (Å²) in [6, 6.07) is 3.96. The van der Waals surface area contributed by atoms with Crippen molar-refractivity contribution in [1.82, 2.24) is 5.32 Å². The molecule has 1 aromatic rings. The molecule has 0 heterocycles. The summed E-state index contributed by atoms with van der Waals surface area (Å²) in [5.74, 6) is -1.67. The van der Waals surface area contributed by atoms with Crippen molar-refractivity contribution in [2.24, 2.45) is 0 Å². The second-order valence-corrected chi connectivity index (χ2v) is 5.91. The molecular formula is C14H21F2NO. The molecular weight excluding hydrogens is 236 g/mol. The highest BCUT2D eigenvalue weighted by Crippen LogP contribution is 2.24. The normalized spacial score (nSPS) is 12.8. The highest BCUT2D eigenvalue weighted by Gasteiger charge is 2.25. The molecule has 0 atom stereocenters. The number of benzene rings is 1. The highest BCUT2D eigenvalue weighted by atomic mass is 19.2. The number of aliphatic hydroxyl groups is 1. The molecule has 0 spiro atoms. The minimum atomic E-state index is -0.835. The van der Waals surface area contributed by atoms with Crippen molar-refractivity contribution in [2.75, 3.05) is 13.2 Å². The number of hydrogen-bond acceptors (Lipinski definition) is 2. The van der Waals surface area contributed by atoms with Gasteiger partial charge in [0, 0.05) is 17.5 Å². The van der Waals surface area contributed by atoms with Gasteiger partial charge in [-0.15, -0.1) is 0 Å². The summed E-state index contributed by atoms with van der Waals surface area (Å²) in [6.45, 7) is 8.23. The van der Waals surface area contributed by atoms with Crippen molar-refractivity contribution in [3.05, 3.63) is 35.4 Å². The Balaban J connectivity index is 2.82. The summed E-state index contributed by atoms with van der Waals surface area (Å²) in [5.41, 5.74) is -0.0146. The maximum atomic E-state index is 13.2. The van der Waals surface area contributed by atoms with Gasteiger partial charge in [0.1, 0.15) is 0 Å². The Kier molecular flexibility index (Phi) is 4.46. The third kappa shape index (κ3) is 3.75. The fraction of sp³-hybridized carbons (Fsp3) is 0.571. The van der Waals surface area contributed by atoms with Crippen LogP contribution in [0.15, 0.2) is 18.2 Å². The average molecular weight is 257 g/mol. The lowest BCUT2D eigenvalue weighted by Gasteiger charge is -2.32. The van der Waals surface area contributed by atoms with Crippen molar-refractivity contribution >= 4 is 0 Å². The summed E-state index contributed by atoms with van der Waals surface area (Å²) in [4.78, 5) is 0. The number of nitrogens with one attached hydrogen (secondary N) is 1. The molecule has 0 aliphatic carbocycles. The maximum absolute atomic E-state index is 13.2. The average Bonchev–Trinajstić information content (AvgIpc) is 2.30. The highest BCUT2D eigenvalue weighted by molar-refractivity contribution is 5.25. The van der Waals surface area contributed by atoms with E-state index in [1.807, 2.05) is 27.7 Å². The van der Waals surface area contributed by atoms with E-state index in [-0.39, 0.29) is 12.0 Å². The molecule has 1 rings (SSSR count). The van der Waals surface area contributed by atoms with E-state index in [0.29, 0.717) is 6.54 Å². The molecule has 0 bridgehead atoms. The van der Waals surface area contributed by atoms with Crippen LogP contribution in [0.1, 0.15) is 33.3 Å². The van der Waals surface area contributed by atoms with E-state index < -0.39 is 17.2 Å². The molecule has 0 fully saturated rings. The van der Waals surface area contributed by atoms with Crippen LogP contribution in [-0.2, 0) is 5.41 Å². The summed E-state index contributed by atoms with van der Waals surface area (Å²) < 4.78 is 26.1. The molecule has 0 saturated carbocycles. The van der Waals surface area contributed by atoms with E-state index in [2.05, 4.69) is 5.32 Å². The number of aliphatic hydroxyl groups excluding tert-OH is 1. The summed E-state index contributed by atoms with van der Waals surface area (Å²) >= 11 is 0. The lowest BCUT2D eigenvalue weighted by molar-refractivity contribution is 0.181. The molecule has 0 radical (unpaired) electrons. The Hall–Kier alpha value is -1.00. The van der Waals surface area contributed by atoms with E-state index in [0.717, 1.165) is 11.6 Å². The first-order valence-corrected chi connectivity index (χ1v) is 5.99. The molecule has 0 saturated heterocycles.